The third kappa shape index (κ3) is 4.57. The fraction of sp³-hybridized carbons (Fsp3) is 0.0385. The number of para-hydroxylation sites is 2. The summed E-state index contributed by atoms with van der Waals surface area (Å²) in [7, 11) is 0. The molecule has 5 rings (SSSR count). The van der Waals surface area contributed by atoms with Crippen molar-refractivity contribution in [3.63, 3.8) is 0 Å². The van der Waals surface area contributed by atoms with Crippen molar-refractivity contribution in [1.82, 2.24) is 14.8 Å². The highest BCUT2D eigenvalue weighted by Gasteiger charge is 2.18. The van der Waals surface area contributed by atoms with Crippen LogP contribution in [0.4, 0.5) is 0 Å². The quantitative estimate of drug-likeness (QED) is 0.167. The Bertz CT molecular complexity index is 1480. The van der Waals surface area contributed by atoms with Gasteiger partial charge in [0.25, 0.3) is 0 Å². The largest absolute Gasteiger partial charge is 0.288 e. The van der Waals surface area contributed by atoms with Gasteiger partial charge in [-0.2, -0.15) is 5.10 Å². The topological polar surface area (TPSA) is 47.8 Å². The SMILES string of the molecule is Cc1nn(-c2ccccc2)c(Sc2cccc3cccnc23)c1/C=C/C(=O)c1cc(Br)cs1. The van der Waals surface area contributed by atoms with E-state index in [1.54, 1.807) is 17.8 Å². The summed E-state index contributed by atoms with van der Waals surface area (Å²) in [4.78, 5) is 19.1. The molecular weight excluding hydrogens is 514 g/mol. The average molecular weight is 532 g/mol. The molecule has 2 aromatic carbocycles. The maximum absolute atomic E-state index is 12.7. The van der Waals surface area contributed by atoms with Crippen molar-refractivity contribution in [2.24, 2.45) is 0 Å². The first kappa shape index (κ1) is 21.8. The molecule has 162 valence electrons. The number of carbonyl (C=O) groups is 1. The van der Waals surface area contributed by atoms with E-state index in [4.69, 9.17) is 5.10 Å². The Balaban J connectivity index is 1.61. The third-order valence-corrected chi connectivity index (χ3v) is 7.92. The summed E-state index contributed by atoms with van der Waals surface area (Å²) < 4.78 is 2.85. The predicted molar refractivity (Wildman–Crippen MR) is 140 cm³/mol. The molecule has 0 atom stereocenters. The number of halogens is 1. The summed E-state index contributed by atoms with van der Waals surface area (Å²) in [6.07, 6.45) is 5.31. The van der Waals surface area contributed by atoms with Gasteiger partial charge in [0.1, 0.15) is 5.03 Å². The van der Waals surface area contributed by atoms with Crippen LogP contribution in [0.1, 0.15) is 20.9 Å². The van der Waals surface area contributed by atoms with Crippen LogP contribution in [0.25, 0.3) is 22.7 Å². The van der Waals surface area contributed by atoms with Crippen LogP contribution < -0.4 is 0 Å². The molecule has 3 heterocycles. The third-order valence-electron chi connectivity index (χ3n) is 5.08. The number of nitrogens with zero attached hydrogens (tertiary/aromatic N) is 3. The van der Waals surface area contributed by atoms with Crippen molar-refractivity contribution >= 4 is 61.8 Å². The van der Waals surface area contributed by atoms with Crippen LogP contribution in [0.15, 0.2) is 98.8 Å². The molecule has 33 heavy (non-hydrogen) atoms. The van der Waals surface area contributed by atoms with E-state index in [1.807, 2.05) is 77.8 Å². The highest BCUT2D eigenvalue weighted by molar-refractivity contribution is 9.10. The Kier molecular flexibility index (Phi) is 6.26. The van der Waals surface area contributed by atoms with E-state index in [1.165, 1.54) is 11.3 Å². The van der Waals surface area contributed by atoms with Crippen LogP contribution >= 0.6 is 39.0 Å². The molecule has 0 amide bonds. The maximum atomic E-state index is 12.7. The highest BCUT2D eigenvalue weighted by Crippen LogP contribution is 2.37. The molecule has 0 aliphatic heterocycles. The first-order valence-electron chi connectivity index (χ1n) is 10.2. The minimum Gasteiger partial charge on any atom is -0.288 e. The van der Waals surface area contributed by atoms with Crippen molar-refractivity contribution in [2.75, 3.05) is 0 Å². The summed E-state index contributed by atoms with van der Waals surface area (Å²) in [6.45, 7) is 1.97. The van der Waals surface area contributed by atoms with Gasteiger partial charge in [0.05, 0.1) is 21.8 Å². The molecule has 0 N–H and O–H groups in total. The van der Waals surface area contributed by atoms with Crippen LogP contribution in [0.3, 0.4) is 0 Å². The van der Waals surface area contributed by atoms with Crippen molar-refractivity contribution in [2.45, 2.75) is 16.8 Å². The van der Waals surface area contributed by atoms with Gasteiger partial charge in [0.15, 0.2) is 5.78 Å². The van der Waals surface area contributed by atoms with Gasteiger partial charge in [-0.1, -0.05) is 48.2 Å². The Hall–Kier alpha value is -3.00. The normalized spacial score (nSPS) is 11.5. The lowest BCUT2D eigenvalue weighted by atomic mass is 10.2. The number of rotatable bonds is 6. The van der Waals surface area contributed by atoms with Crippen LogP contribution in [-0.4, -0.2) is 20.5 Å². The van der Waals surface area contributed by atoms with Gasteiger partial charge in [0.2, 0.25) is 0 Å². The second-order valence-electron chi connectivity index (χ2n) is 7.31. The summed E-state index contributed by atoms with van der Waals surface area (Å²) in [5.41, 5.74) is 3.68. The molecule has 0 spiro atoms. The molecule has 0 aliphatic rings. The van der Waals surface area contributed by atoms with Gasteiger partial charge in [-0.3, -0.25) is 9.78 Å². The van der Waals surface area contributed by atoms with Crippen LogP contribution in [-0.2, 0) is 0 Å². The van der Waals surface area contributed by atoms with Crippen molar-refractivity contribution in [3.8, 4) is 5.69 Å². The number of allylic oxidation sites excluding steroid dienone is 1. The minimum atomic E-state index is -0.0275. The molecule has 0 bridgehead atoms. The molecule has 0 aliphatic carbocycles. The molecule has 0 radical (unpaired) electrons. The Morgan fingerprint density at radius 1 is 1.09 bits per heavy atom. The molecule has 0 saturated carbocycles. The number of ketones is 1. The summed E-state index contributed by atoms with van der Waals surface area (Å²) in [5.74, 6) is -0.0275. The number of thiophene rings is 1. The van der Waals surface area contributed by atoms with E-state index < -0.39 is 0 Å². The van der Waals surface area contributed by atoms with E-state index >= 15 is 0 Å². The van der Waals surface area contributed by atoms with Crippen LogP contribution in [0.5, 0.6) is 0 Å². The minimum absolute atomic E-state index is 0.0275. The zero-order valence-corrected chi connectivity index (χ0v) is 20.8. The lowest BCUT2D eigenvalue weighted by molar-refractivity contribution is 0.105. The van der Waals surface area contributed by atoms with Gasteiger partial charge in [-0.15, -0.1) is 11.3 Å². The number of aryl methyl sites for hydroxylation is 1. The van der Waals surface area contributed by atoms with Gasteiger partial charge in [-0.25, -0.2) is 4.68 Å². The first-order valence-corrected chi connectivity index (χ1v) is 12.7. The maximum Gasteiger partial charge on any atom is 0.195 e. The monoisotopic (exact) mass is 531 g/mol. The van der Waals surface area contributed by atoms with Crippen molar-refractivity contribution < 1.29 is 4.79 Å². The van der Waals surface area contributed by atoms with Crippen molar-refractivity contribution in [1.29, 1.82) is 0 Å². The van der Waals surface area contributed by atoms with E-state index in [-0.39, 0.29) is 5.78 Å². The fourth-order valence-electron chi connectivity index (χ4n) is 3.50. The second-order valence-corrected chi connectivity index (χ2v) is 10.2. The number of hydrogen-bond donors (Lipinski definition) is 0. The molecule has 4 nitrogen and oxygen atoms in total. The number of hydrogen-bond acceptors (Lipinski definition) is 5. The van der Waals surface area contributed by atoms with Gasteiger partial charge in [-0.05, 0) is 65.3 Å². The summed E-state index contributed by atoms with van der Waals surface area (Å²) in [6, 6.07) is 22.0. The number of aromatic nitrogens is 3. The fourth-order valence-corrected chi connectivity index (χ4v) is 6.03. The van der Waals surface area contributed by atoms with Gasteiger partial charge >= 0.3 is 0 Å². The second kappa shape index (κ2) is 9.47. The Labute approximate surface area is 208 Å². The van der Waals surface area contributed by atoms with Gasteiger partial charge < -0.3 is 0 Å². The Morgan fingerprint density at radius 2 is 1.91 bits per heavy atom. The lowest BCUT2D eigenvalue weighted by Crippen LogP contribution is -1.98. The number of fused-ring (bicyclic) bond motifs is 1. The average Bonchev–Trinajstić information content (AvgIpc) is 3.41. The number of pyridine rings is 1. The molecule has 7 heteroatoms. The summed E-state index contributed by atoms with van der Waals surface area (Å²) in [5, 5.41) is 8.75. The van der Waals surface area contributed by atoms with E-state index in [2.05, 4.69) is 39.1 Å². The highest BCUT2D eigenvalue weighted by atomic mass is 79.9. The predicted octanol–water partition coefficient (Wildman–Crippen LogP) is 7.60. The zero-order valence-electron chi connectivity index (χ0n) is 17.6. The van der Waals surface area contributed by atoms with Crippen LogP contribution in [0, 0.1) is 6.92 Å². The van der Waals surface area contributed by atoms with Gasteiger partial charge in [0, 0.05) is 31.9 Å². The molecule has 5 aromatic rings. The smallest absolute Gasteiger partial charge is 0.195 e. The number of carbonyl (C=O) groups excluding carboxylic acids is 1. The van der Waals surface area contributed by atoms with Crippen LogP contribution in [0.2, 0.25) is 0 Å². The van der Waals surface area contributed by atoms with Crippen molar-refractivity contribution in [3.05, 3.63) is 105 Å². The first-order chi connectivity index (χ1) is 16.1. The number of benzene rings is 2. The van der Waals surface area contributed by atoms with E-state index in [0.29, 0.717) is 4.88 Å². The zero-order chi connectivity index (χ0) is 22.8. The molecule has 3 aromatic heterocycles. The molecular formula is C26H18BrN3OS2. The molecule has 0 unspecified atom stereocenters. The van der Waals surface area contributed by atoms with E-state index in [0.717, 1.165) is 42.2 Å². The lowest BCUT2D eigenvalue weighted by Gasteiger charge is -2.10. The standard InChI is InChI=1S/C26H18BrN3OS2/c1-17-21(12-13-22(31)24-15-19(27)16-32-24)26(30(29-17)20-9-3-2-4-10-20)33-23-11-5-7-18-8-6-14-28-25(18)23/h2-16H,1H3/b13-12+. The molecule has 0 fully saturated rings. The Morgan fingerprint density at radius 3 is 2.70 bits per heavy atom. The summed E-state index contributed by atoms with van der Waals surface area (Å²) >= 11 is 6.45. The van der Waals surface area contributed by atoms with E-state index in [9.17, 15) is 4.79 Å². The molecule has 0 saturated heterocycles.